The fourth-order valence-corrected chi connectivity index (χ4v) is 3.81. The molecule has 1 N–H and O–H groups in total. The average molecular weight is 430 g/mol. The zero-order chi connectivity index (χ0) is 21.8. The molecule has 1 unspecified atom stereocenters. The first-order valence-electron chi connectivity index (χ1n) is 10.2. The number of aromatic nitrogens is 2. The number of nitrogens with zero attached hydrogens (tertiary/aromatic N) is 4. The number of piperazine rings is 1. The highest BCUT2D eigenvalue weighted by Crippen LogP contribution is 2.18. The molecule has 30 heavy (non-hydrogen) atoms. The Balaban J connectivity index is 1.65. The quantitative estimate of drug-likeness (QED) is 0.790. The summed E-state index contributed by atoms with van der Waals surface area (Å²) in [5.41, 5.74) is 1.30. The molecule has 0 saturated carbocycles. The van der Waals surface area contributed by atoms with E-state index in [1.54, 1.807) is 24.3 Å². The fraction of sp³-hybridized carbons (Fsp3) is 0.455. The molecule has 3 rings (SSSR count). The minimum absolute atomic E-state index is 0.0471. The van der Waals surface area contributed by atoms with Crippen molar-refractivity contribution in [3.05, 3.63) is 52.4 Å². The third-order valence-electron chi connectivity index (χ3n) is 5.21. The van der Waals surface area contributed by atoms with Gasteiger partial charge in [-0.2, -0.15) is 0 Å². The Morgan fingerprint density at radius 2 is 1.73 bits per heavy atom. The first kappa shape index (κ1) is 22.0. The zero-order valence-corrected chi connectivity index (χ0v) is 18.6. The second kappa shape index (κ2) is 9.43. The molecule has 1 aromatic carbocycles. The predicted molar refractivity (Wildman–Crippen MR) is 118 cm³/mol. The lowest BCUT2D eigenvalue weighted by molar-refractivity contribution is -0.134. The monoisotopic (exact) mass is 429 g/mol. The van der Waals surface area contributed by atoms with Crippen LogP contribution in [0.3, 0.4) is 0 Å². The van der Waals surface area contributed by atoms with E-state index in [4.69, 9.17) is 11.6 Å². The number of hydrogen-bond donors (Lipinski definition) is 1. The molecule has 7 nitrogen and oxygen atoms in total. The van der Waals surface area contributed by atoms with Crippen molar-refractivity contribution in [2.45, 2.75) is 33.7 Å². The Kier molecular flexibility index (Phi) is 6.92. The Hall–Kier alpha value is -2.67. The average Bonchev–Trinajstić information content (AvgIpc) is 2.71. The van der Waals surface area contributed by atoms with Crippen LogP contribution in [-0.4, -0.2) is 58.9 Å². The molecule has 1 fully saturated rings. The first-order chi connectivity index (χ1) is 14.3. The zero-order valence-electron chi connectivity index (χ0n) is 17.9. The minimum atomic E-state index is -0.608. The standard InChI is InChI=1S/C22H28ClN5O2/c1-14(2)20(26-21(29)17-7-5-6-8-18(17)23)22(30)28-11-9-27(10-12-28)19-13-15(3)24-16(4)25-19/h5-8,13-14,20H,9-12H2,1-4H3,(H,26,29). The maximum atomic E-state index is 13.2. The lowest BCUT2D eigenvalue weighted by atomic mass is 10.0. The van der Waals surface area contributed by atoms with Crippen molar-refractivity contribution in [3.8, 4) is 0 Å². The van der Waals surface area contributed by atoms with Crippen molar-refractivity contribution in [3.63, 3.8) is 0 Å². The highest BCUT2D eigenvalue weighted by atomic mass is 35.5. The van der Waals surface area contributed by atoms with Crippen LogP contribution in [0.2, 0.25) is 5.02 Å². The first-order valence-corrected chi connectivity index (χ1v) is 10.6. The molecule has 0 spiro atoms. The van der Waals surface area contributed by atoms with Crippen molar-refractivity contribution >= 4 is 29.2 Å². The molecule has 1 saturated heterocycles. The molecule has 1 aliphatic heterocycles. The number of rotatable bonds is 5. The molecule has 0 bridgehead atoms. The molecule has 2 heterocycles. The summed E-state index contributed by atoms with van der Waals surface area (Å²) in [6.07, 6.45) is 0. The van der Waals surface area contributed by atoms with Crippen molar-refractivity contribution in [1.82, 2.24) is 20.2 Å². The third-order valence-corrected chi connectivity index (χ3v) is 5.54. The van der Waals surface area contributed by atoms with Gasteiger partial charge in [-0.3, -0.25) is 9.59 Å². The minimum Gasteiger partial charge on any atom is -0.353 e. The lowest BCUT2D eigenvalue weighted by Gasteiger charge is -2.38. The Morgan fingerprint density at radius 1 is 1.07 bits per heavy atom. The van der Waals surface area contributed by atoms with E-state index in [2.05, 4.69) is 20.2 Å². The van der Waals surface area contributed by atoms with Crippen molar-refractivity contribution in [2.75, 3.05) is 31.1 Å². The number of carbonyl (C=O) groups excluding carboxylic acids is 2. The van der Waals surface area contributed by atoms with Crippen molar-refractivity contribution < 1.29 is 9.59 Å². The van der Waals surface area contributed by atoms with E-state index in [0.29, 0.717) is 36.8 Å². The number of aryl methyl sites for hydroxylation is 2. The van der Waals surface area contributed by atoms with Gasteiger partial charge in [0.2, 0.25) is 5.91 Å². The van der Waals surface area contributed by atoms with Crippen LogP contribution in [0.1, 0.15) is 35.7 Å². The van der Waals surface area contributed by atoms with Crippen LogP contribution >= 0.6 is 11.6 Å². The Morgan fingerprint density at radius 3 is 2.33 bits per heavy atom. The molecule has 0 radical (unpaired) electrons. The van der Waals surface area contributed by atoms with Crippen LogP contribution in [0.5, 0.6) is 0 Å². The number of amides is 2. The number of benzene rings is 1. The highest BCUT2D eigenvalue weighted by Gasteiger charge is 2.31. The third kappa shape index (κ3) is 5.08. The van der Waals surface area contributed by atoms with E-state index in [0.717, 1.165) is 17.3 Å². The summed E-state index contributed by atoms with van der Waals surface area (Å²) in [4.78, 5) is 38.7. The van der Waals surface area contributed by atoms with Crippen LogP contribution in [0, 0.1) is 19.8 Å². The van der Waals surface area contributed by atoms with Gasteiger partial charge in [0.25, 0.3) is 5.91 Å². The van der Waals surface area contributed by atoms with Gasteiger partial charge in [-0.25, -0.2) is 9.97 Å². The molecule has 8 heteroatoms. The van der Waals surface area contributed by atoms with Crippen LogP contribution < -0.4 is 10.2 Å². The van der Waals surface area contributed by atoms with Crippen LogP contribution in [0.15, 0.2) is 30.3 Å². The van der Waals surface area contributed by atoms with Gasteiger partial charge in [-0.05, 0) is 31.9 Å². The van der Waals surface area contributed by atoms with Crippen molar-refractivity contribution in [2.24, 2.45) is 5.92 Å². The summed E-state index contributed by atoms with van der Waals surface area (Å²) in [6, 6.07) is 8.20. The van der Waals surface area contributed by atoms with Gasteiger partial charge < -0.3 is 15.1 Å². The molecule has 1 atom stereocenters. The maximum absolute atomic E-state index is 13.2. The van der Waals surface area contributed by atoms with Gasteiger partial charge >= 0.3 is 0 Å². The summed E-state index contributed by atoms with van der Waals surface area (Å²) < 4.78 is 0. The van der Waals surface area contributed by atoms with Crippen molar-refractivity contribution in [1.29, 1.82) is 0 Å². The molecule has 1 aromatic heterocycles. The molecule has 2 amide bonds. The molecule has 160 valence electrons. The van der Waals surface area contributed by atoms with E-state index in [-0.39, 0.29) is 17.7 Å². The van der Waals surface area contributed by atoms with Crippen LogP contribution in [-0.2, 0) is 4.79 Å². The van der Waals surface area contributed by atoms with Gasteiger partial charge in [0.15, 0.2) is 0 Å². The van der Waals surface area contributed by atoms with E-state index in [1.807, 2.05) is 38.7 Å². The largest absolute Gasteiger partial charge is 0.353 e. The van der Waals surface area contributed by atoms with Crippen LogP contribution in [0.25, 0.3) is 0 Å². The summed E-state index contributed by atoms with van der Waals surface area (Å²) >= 11 is 6.13. The molecular weight excluding hydrogens is 402 g/mol. The lowest BCUT2D eigenvalue weighted by Crippen LogP contribution is -2.56. The smallest absolute Gasteiger partial charge is 0.253 e. The Labute approximate surface area is 182 Å². The van der Waals surface area contributed by atoms with E-state index >= 15 is 0 Å². The molecular formula is C22H28ClN5O2. The number of anilines is 1. The van der Waals surface area contributed by atoms with Gasteiger partial charge in [-0.15, -0.1) is 0 Å². The summed E-state index contributed by atoms with van der Waals surface area (Å²) in [5.74, 6) is 1.18. The number of hydrogen-bond acceptors (Lipinski definition) is 5. The number of halogens is 1. The summed E-state index contributed by atoms with van der Waals surface area (Å²) in [5, 5.41) is 3.25. The van der Waals surface area contributed by atoms with Gasteiger partial charge in [0.05, 0.1) is 10.6 Å². The Bertz CT molecular complexity index is 905. The summed E-state index contributed by atoms with van der Waals surface area (Å²) in [7, 11) is 0. The predicted octanol–water partition coefficient (Wildman–Crippen LogP) is 2.85. The molecule has 0 aliphatic carbocycles. The van der Waals surface area contributed by atoms with Gasteiger partial charge in [0.1, 0.15) is 17.7 Å². The molecule has 1 aliphatic rings. The highest BCUT2D eigenvalue weighted by molar-refractivity contribution is 6.33. The normalized spacial score (nSPS) is 15.3. The molecule has 2 aromatic rings. The maximum Gasteiger partial charge on any atom is 0.253 e. The fourth-order valence-electron chi connectivity index (χ4n) is 3.59. The van der Waals surface area contributed by atoms with E-state index in [1.165, 1.54) is 0 Å². The van der Waals surface area contributed by atoms with Gasteiger partial charge in [0, 0.05) is 37.9 Å². The second-order valence-corrected chi connectivity index (χ2v) is 8.31. The number of nitrogens with one attached hydrogen (secondary N) is 1. The van der Waals surface area contributed by atoms with Crippen LogP contribution in [0.4, 0.5) is 5.82 Å². The number of carbonyl (C=O) groups is 2. The SMILES string of the molecule is Cc1cc(N2CCN(C(=O)C(NC(=O)c3ccccc3Cl)C(C)C)CC2)nc(C)n1. The topological polar surface area (TPSA) is 78.4 Å². The van der Waals surface area contributed by atoms with Gasteiger partial charge in [-0.1, -0.05) is 37.6 Å². The van der Waals surface area contributed by atoms with E-state index in [9.17, 15) is 9.59 Å². The van der Waals surface area contributed by atoms with E-state index < -0.39 is 6.04 Å². The second-order valence-electron chi connectivity index (χ2n) is 7.90. The summed E-state index contributed by atoms with van der Waals surface area (Å²) in [6.45, 7) is 10.2.